The lowest BCUT2D eigenvalue weighted by Gasteiger charge is -2.37. The lowest BCUT2D eigenvalue weighted by atomic mass is 10.1. The number of hydrogen-bond acceptors (Lipinski definition) is 9. The van der Waals surface area contributed by atoms with Gasteiger partial charge in [-0.05, 0) is 30.3 Å². The third kappa shape index (κ3) is 5.84. The largest absolute Gasteiger partial charge is 0.478 e. The van der Waals surface area contributed by atoms with E-state index in [0.29, 0.717) is 5.69 Å². The molecule has 3 aromatic rings. The number of aromatic nitrogens is 1. The van der Waals surface area contributed by atoms with E-state index in [9.17, 15) is 32.9 Å². The van der Waals surface area contributed by atoms with Crippen LogP contribution in [0.1, 0.15) is 26.3 Å². The summed E-state index contributed by atoms with van der Waals surface area (Å²) in [5, 5.41) is 21.0. The molecular weight excluding hydrogens is 525 g/mol. The number of carboxylic acids is 1. The number of piperazine rings is 1. The van der Waals surface area contributed by atoms with Gasteiger partial charge in [0.15, 0.2) is 0 Å². The summed E-state index contributed by atoms with van der Waals surface area (Å²) in [6.45, 7) is 0.691. The lowest BCUT2D eigenvalue weighted by Crippen LogP contribution is -2.47. The molecule has 14 heteroatoms. The van der Waals surface area contributed by atoms with Crippen molar-refractivity contribution < 1.29 is 42.3 Å². The number of benzene rings is 2. The Bertz CT molecular complexity index is 1410. The third-order valence-corrected chi connectivity index (χ3v) is 6.04. The summed E-state index contributed by atoms with van der Waals surface area (Å²) in [7, 11) is 1.10. The number of alkyl halides is 3. The van der Waals surface area contributed by atoms with E-state index in [1.165, 1.54) is 24.3 Å². The molecule has 1 aromatic heterocycles. The van der Waals surface area contributed by atoms with Crippen molar-refractivity contribution in [3.8, 4) is 11.6 Å². The summed E-state index contributed by atoms with van der Waals surface area (Å²) in [6.07, 6.45) is -3.45. The van der Waals surface area contributed by atoms with E-state index in [4.69, 9.17) is 14.6 Å². The summed E-state index contributed by atoms with van der Waals surface area (Å²) < 4.78 is 50.1. The van der Waals surface area contributed by atoms with Crippen molar-refractivity contribution in [3.63, 3.8) is 0 Å². The van der Waals surface area contributed by atoms with Crippen LogP contribution in [0.5, 0.6) is 11.6 Å². The molecule has 0 atom stereocenters. The Morgan fingerprint density at radius 3 is 2.31 bits per heavy atom. The molecule has 0 saturated carbocycles. The fraction of sp³-hybridized carbons (Fsp3) is 0.240. The molecular formula is C25H21F3N4O7. The minimum absolute atomic E-state index is 0.0701. The van der Waals surface area contributed by atoms with Crippen molar-refractivity contribution >= 4 is 29.0 Å². The van der Waals surface area contributed by atoms with E-state index in [1.807, 2.05) is 0 Å². The molecule has 39 heavy (non-hydrogen) atoms. The van der Waals surface area contributed by atoms with Gasteiger partial charge in [0.25, 0.3) is 5.69 Å². The normalized spacial score (nSPS) is 13.6. The fourth-order valence-corrected chi connectivity index (χ4v) is 4.16. The Hall–Kier alpha value is -4.88. The molecule has 2 heterocycles. The predicted molar refractivity (Wildman–Crippen MR) is 132 cm³/mol. The number of pyridine rings is 1. The summed E-state index contributed by atoms with van der Waals surface area (Å²) in [4.78, 5) is 42.4. The van der Waals surface area contributed by atoms with E-state index < -0.39 is 34.3 Å². The number of carboxylic acid groups (broad SMARTS) is 1. The number of nitro groups is 1. The zero-order valence-electron chi connectivity index (χ0n) is 20.3. The van der Waals surface area contributed by atoms with Crippen molar-refractivity contribution in [2.45, 2.75) is 6.18 Å². The van der Waals surface area contributed by atoms with Crippen LogP contribution >= 0.6 is 0 Å². The van der Waals surface area contributed by atoms with Crippen LogP contribution in [-0.4, -0.2) is 60.2 Å². The SMILES string of the molecule is COC(=O)c1c(Oc2ccc(C(=O)O)cn2)ccc([N+](=O)[O-])c1N1CCN(c2cccc(C(F)(F)F)c2)CC1. The number of carbonyl (C=O) groups excluding carboxylic acids is 1. The monoisotopic (exact) mass is 546 g/mol. The standard InChI is InChI=1S/C25H21F3N4O7/c1-38-24(35)21-19(39-20-8-5-15(14-29-20)23(33)34)7-6-18(32(36)37)22(21)31-11-9-30(10-12-31)17-4-2-3-16(13-17)25(26,27)28/h2-8,13-14H,9-12H2,1H3,(H,33,34). The smallest absolute Gasteiger partial charge is 0.416 e. The van der Waals surface area contributed by atoms with Gasteiger partial charge in [-0.3, -0.25) is 10.1 Å². The molecule has 0 spiro atoms. The topological polar surface area (TPSA) is 135 Å². The number of carbonyl (C=O) groups is 2. The van der Waals surface area contributed by atoms with Gasteiger partial charge in [0, 0.05) is 50.2 Å². The summed E-state index contributed by atoms with van der Waals surface area (Å²) >= 11 is 0. The van der Waals surface area contributed by atoms with E-state index >= 15 is 0 Å². The van der Waals surface area contributed by atoms with Gasteiger partial charge in [0.2, 0.25) is 5.88 Å². The zero-order valence-corrected chi connectivity index (χ0v) is 20.3. The molecule has 1 aliphatic heterocycles. The average molecular weight is 546 g/mol. The number of ether oxygens (including phenoxy) is 2. The predicted octanol–water partition coefficient (Wildman–Crippen LogP) is 4.61. The van der Waals surface area contributed by atoms with Crippen LogP contribution in [0.4, 0.5) is 30.2 Å². The van der Waals surface area contributed by atoms with Gasteiger partial charge < -0.3 is 24.4 Å². The molecule has 204 valence electrons. The number of nitro benzene ring substituents is 1. The molecule has 11 nitrogen and oxygen atoms in total. The number of halogens is 3. The quantitative estimate of drug-likeness (QED) is 0.254. The first-order chi connectivity index (χ1) is 18.5. The molecule has 4 rings (SSSR count). The molecule has 1 fully saturated rings. The second-order valence-electron chi connectivity index (χ2n) is 8.37. The van der Waals surface area contributed by atoms with Crippen LogP contribution in [0.25, 0.3) is 0 Å². The maximum atomic E-state index is 13.2. The Balaban J connectivity index is 1.67. The molecule has 0 bridgehead atoms. The van der Waals surface area contributed by atoms with Crippen LogP contribution in [0, 0.1) is 10.1 Å². The maximum Gasteiger partial charge on any atom is 0.416 e. The van der Waals surface area contributed by atoms with Crippen LogP contribution in [0.2, 0.25) is 0 Å². The number of esters is 1. The molecule has 1 aliphatic rings. The second kappa shape index (κ2) is 10.8. The highest BCUT2D eigenvalue weighted by atomic mass is 19.4. The number of hydrogen-bond donors (Lipinski definition) is 1. The fourth-order valence-electron chi connectivity index (χ4n) is 4.16. The van der Waals surface area contributed by atoms with Gasteiger partial charge in [-0.2, -0.15) is 13.2 Å². The van der Waals surface area contributed by atoms with Crippen molar-refractivity contribution in [2.75, 3.05) is 43.1 Å². The number of rotatable bonds is 7. The molecule has 0 aliphatic carbocycles. The Morgan fingerprint density at radius 1 is 1.05 bits per heavy atom. The molecule has 1 saturated heterocycles. The Morgan fingerprint density at radius 2 is 1.74 bits per heavy atom. The first kappa shape index (κ1) is 27.2. The van der Waals surface area contributed by atoms with Gasteiger partial charge >= 0.3 is 18.1 Å². The highest BCUT2D eigenvalue weighted by Gasteiger charge is 2.34. The number of methoxy groups -OCH3 is 1. The number of nitrogens with zero attached hydrogens (tertiary/aromatic N) is 4. The number of anilines is 2. The van der Waals surface area contributed by atoms with Crippen LogP contribution in [0.15, 0.2) is 54.7 Å². The summed E-state index contributed by atoms with van der Waals surface area (Å²) in [5.74, 6) is -2.31. The van der Waals surface area contributed by atoms with Crippen LogP contribution in [0.3, 0.4) is 0 Å². The number of aromatic carboxylic acids is 1. The van der Waals surface area contributed by atoms with Crippen molar-refractivity contribution in [1.29, 1.82) is 0 Å². The van der Waals surface area contributed by atoms with Crippen molar-refractivity contribution in [2.24, 2.45) is 0 Å². The zero-order chi connectivity index (χ0) is 28.3. The Labute approximate surface area is 219 Å². The third-order valence-electron chi connectivity index (χ3n) is 6.04. The minimum atomic E-state index is -4.50. The van der Waals surface area contributed by atoms with E-state index in [0.717, 1.165) is 31.5 Å². The van der Waals surface area contributed by atoms with Crippen LogP contribution in [-0.2, 0) is 10.9 Å². The highest BCUT2D eigenvalue weighted by Crippen LogP contribution is 2.41. The van der Waals surface area contributed by atoms with E-state index in [2.05, 4.69) is 4.98 Å². The first-order valence-electron chi connectivity index (χ1n) is 11.4. The minimum Gasteiger partial charge on any atom is -0.478 e. The maximum absolute atomic E-state index is 13.2. The van der Waals surface area contributed by atoms with Gasteiger partial charge in [0.1, 0.15) is 17.0 Å². The first-order valence-corrected chi connectivity index (χ1v) is 11.4. The summed E-state index contributed by atoms with van der Waals surface area (Å²) in [6, 6.07) is 9.73. The molecule has 0 amide bonds. The molecule has 0 unspecified atom stereocenters. The van der Waals surface area contributed by atoms with Crippen molar-refractivity contribution in [3.05, 3.63) is 81.5 Å². The average Bonchev–Trinajstić information content (AvgIpc) is 2.92. The molecule has 0 radical (unpaired) electrons. The van der Waals surface area contributed by atoms with Crippen molar-refractivity contribution in [1.82, 2.24) is 4.98 Å². The van der Waals surface area contributed by atoms with E-state index in [-0.39, 0.29) is 54.6 Å². The highest BCUT2D eigenvalue weighted by molar-refractivity contribution is 6.01. The second-order valence-corrected chi connectivity index (χ2v) is 8.37. The Kier molecular flexibility index (Phi) is 7.56. The molecule has 2 aromatic carbocycles. The molecule has 1 N–H and O–H groups in total. The van der Waals surface area contributed by atoms with Gasteiger partial charge in [0.05, 0.1) is 23.2 Å². The van der Waals surface area contributed by atoms with Gasteiger partial charge in [-0.25, -0.2) is 14.6 Å². The lowest BCUT2D eigenvalue weighted by molar-refractivity contribution is -0.384. The van der Waals surface area contributed by atoms with Crippen LogP contribution < -0.4 is 14.5 Å². The van der Waals surface area contributed by atoms with Gasteiger partial charge in [-0.1, -0.05) is 6.07 Å². The summed E-state index contributed by atoms with van der Waals surface area (Å²) in [5.41, 5.74) is -1.26. The van der Waals surface area contributed by atoms with E-state index in [1.54, 1.807) is 15.9 Å². The van der Waals surface area contributed by atoms with Gasteiger partial charge in [-0.15, -0.1) is 0 Å².